The summed E-state index contributed by atoms with van der Waals surface area (Å²) in [5.74, 6) is -2.10. The van der Waals surface area contributed by atoms with Gasteiger partial charge in [0.1, 0.15) is 11.6 Å². The van der Waals surface area contributed by atoms with Gasteiger partial charge in [-0.2, -0.15) is 0 Å². The predicted octanol–water partition coefficient (Wildman–Crippen LogP) is 4.00. The minimum absolute atomic E-state index is 0.0400. The highest BCUT2D eigenvalue weighted by atomic mass is 32.2. The molecule has 1 aromatic carbocycles. The van der Waals surface area contributed by atoms with Crippen LogP contribution in [0.5, 0.6) is 0 Å². The van der Waals surface area contributed by atoms with E-state index in [0.717, 1.165) is 16.3 Å². The second-order valence-corrected chi connectivity index (χ2v) is 5.46. The zero-order chi connectivity index (χ0) is 12.3. The van der Waals surface area contributed by atoms with Crippen molar-refractivity contribution >= 4 is 28.9 Å². The van der Waals surface area contributed by atoms with E-state index in [2.05, 4.69) is 0 Å². The van der Waals surface area contributed by atoms with Crippen molar-refractivity contribution < 1.29 is 13.6 Å². The van der Waals surface area contributed by atoms with Gasteiger partial charge in [-0.1, -0.05) is 12.1 Å². The number of carbonyl (C=O) groups is 1. The molecule has 0 fully saturated rings. The van der Waals surface area contributed by atoms with Crippen molar-refractivity contribution in [2.45, 2.75) is 4.21 Å². The molecule has 0 N–H and O–H groups in total. The predicted molar refractivity (Wildman–Crippen MR) is 65.7 cm³/mol. The third-order valence-electron chi connectivity index (χ3n) is 2.08. The third-order valence-corrected chi connectivity index (χ3v) is 4.21. The highest BCUT2D eigenvalue weighted by Crippen LogP contribution is 2.25. The van der Waals surface area contributed by atoms with Gasteiger partial charge in [0.25, 0.3) is 0 Å². The highest BCUT2D eigenvalue weighted by Gasteiger charge is 2.16. The summed E-state index contributed by atoms with van der Waals surface area (Å²) in [6, 6.07) is 7.15. The van der Waals surface area contributed by atoms with Gasteiger partial charge in [0.2, 0.25) is 0 Å². The van der Waals surface area contributed by atoms with E-state index >= 15 is 0 Å². The van der Waals surface area contributed by atoms with Crippen LogP contribution in [0.4, 0.5) is 8.78 Å². The topological polar surface area (TPSA) is 17.1 Å². The summed E-state index contributed by atoms with van der Waals surface area (Å²) in [7, 11) is 0. The number of thioether (sulfide) groups is 1. The number of ketones is 1. The molecule has 1 aromatic heterocycles. The Morgan fingerprint density at radius 2 is 1.88 bits per heavy atom. The van der Waals surface area contributed by atoms with Gasteiger partial charge in [-0.15, -0.1) is 23.1 Å². The summed E-state index contributed by atoms with van der Waals surface area (Å²) in [6.45, 7) is 0. The van der Waals surface area contributed by atoms with Gasteiger partial charge in [0.15, 0.2) is 5.78 Å². The van der Waals surface area contributed by atoms with E-state index in [1.165, 1.54) is 29.2 Å². The zero-order valence-electron chi connectivity index (χ0n) is 8.65. The van der Waals surface area contributed by atoms with Crippen LogP contribution in [0.15, 0.2) is 39.9 Å². The van der Waals surface area contributed by atoms with E-state index in [9.17, 15) is 13.6 Å². The van der Waals surface area contributed by atoms with Crippen LogP contribution in [-0.2, 0) is 0 Å². The number of carbonyl (C=O) groups excluding carboxylic acids is 1. The van der Waals surface area contributed by atoms with Crippen LogP contribution < -0.4 is 0 Å². The van der Waals surface area contributed by atoms with Gasteiger partial charge in [-0.05, 0) is 23.6 Å². The maximum Gasteiger partial charge on any atom is 0.179 e. The molecular formula is C12H8F2OS2. The van der Waals surface area contributed by atoms with Crippen molar-refractivity contribution in [3.8, 4) is 0 Å². The van der Waals surface area contributed by atoms with Crippen molar-refractivity contribution in [2.75, 3.05) is 5.75 Å². The molecule has 0 bridgehead atoms. The molecule has 0 amide bonds. The first-order chi connectivity index (χ1) is 8.18. The number of benzene rings is 1. The molecule has 2 rings (SSSR count). The SMILES string of the molecule is O=C(CSc1cccs1)c1c(F)cccc1F. The van der Waals surface area contributed by atoms with E-state index < -0.39 is 23.0 Å². The van der Waals surface area contributed by atoms with E-state index in [1.54, 1.807) is 0 Å². The Kier molecular flexibility index (Phi) is 3.91. The Labute approximate surface area is 105 Å². The molecule has 0 atom stereocenters. The van der Waals surface area contributed by atoms with Gasteiger partial charge in [0.05, 0.1) is 15.5 Å². The van der Waals surface area contributed by atoms with Crippen LogP contribution in [0, 0.1) is 11.6 Å². The van der Waals surface area contributed by atoms with E-state index in [-0.39, 0.29) is 5.75 Å². The van der Waals surface area contributed by atoms with Crippen LogP contribution in [-0.4, -0.2) is 11.5 Å². The minimum atomic E-state index is -0.804. The van der Waals surface area contributed by atoms with Gasteiger partial charge in [-0.25, -0.2) is 8.78 Å². The Balaban J connectivity index is 2.10. The lowest BCUT2D eigenvalue weighted by Crippen LogP contribution is -2.08. The molecule has 1 heterocycles. The normalized spacial score (nSPS) is 10.5. The quantitative estimate of drug-likeness (QED) is 0.617. The lowest BCUT2D eigenvalue weighted by atomic mass is 10.1. The number of hydrogen-bond acceptors (Lipinski definition) is 3. The Morgan fingerprint density at radius 3 is 2.47 bits per heavy atom. The fourth-order valence-electron chi connectivity index (χ4n) is 1.32. The number of Topliss-reactive ketones (excluding diaryl/α,β-unsaturated/α-hetero) is 1. The molecule has 0 aliphatic heterocycles. The second-order valence-electron chi connectivity index (χ2n) is 3.24. The lowest BCUT2D eigenvalue weighted by molar-refractivity contribution is 0.101. The fourth-order valence-corrected chi connectivity index (χ4v) is 2.98. The van der Waals surface area contributed by atoms with Crippen molar-refractivity contribution in [1.29, 1.82) is 0 Å². The first-order valence-corrected chi connectivity index (χ1v) is 6.68. The number of halogens is 2. The lowest BCUT2D eigenvalue weighted by Gasteiger charge is -2.02. The molecular weight excluding hydrogens is 262 g/mol. The third kappa shape index (κ3) is 2.92. The van der Waals surface area contributed by atoms with Gasteiger partial charge in [-0.3, -0.25) is 4.79 Å². The average molecular weight is 270 g/mol. The number of hydrogen-bond donors (Lipinski definition) is 0. The smallest absolute Gasteiger partial charge is 0.179 e. The highest BCUT2D eigenvalue weighted by molar-refractivity contribution is 8.01. The van der Waals surface area contributed by atoms with Crippen molar-refractivity contribution in [3.63, 3.8) is 0 Å². The van der Waals surface area contributed by atoms with E-state index in [0.29, 0.717) is 0 Å². The number of rotatable bonds is 4. The molecule has 17 heavy (non-hydrogen) atoms. The molecule has 0 aliphatic rings. The maximum absolute atomic E-state index is 13.3. The van der Waals surface area contributed by atoms with Crippen LogP contribution in [0.25, 0.3) is 0 Å². The molecule has 88 valence electrons. The monoisotopic (exact) mass is 270 g/mol. The Morgan fingerprint density at radius 1 is 1.18 bits per heavy atom. The fraction of sp³-hybridized carbons (Fsp3) is 0.0833. The van der Waals surface area contributed by atoms with Crippen molar-refractivity contribution in [2.24, 2.45) is 0 Å². The average Bonchev–Trinajstić information content (AvgIpc) is 2.79. The molecule has 0 saturated heterocycles. The van der Waals surface area contributed by atoms with Crippen LogP contribution in [0.1, 0.15) is 10.4 Å². The molecule has 0 radical (unpaired) electrons. The number of thiophene rings is 1. The summed E-state index contributed by atoms with van der Waals surface area (Å²) in [6.07, 6.45) is 0. The van der Waals surface area contributed by atoms with Gasteiger partial charge < -0.3 is 0 Å². The summed E-state index contributed by atoms with van der Waals surface area (Å²) < 4.78 is 27.6. The Bertz CT molecular complexity index is 503. The summed E-state index contributed by atoms with van der Waals surface area (Å²) in [5.41, 5.74) is -0.448. The Hall–Kier alpha value is -1.20. The van der Waals surface area contributed by atoms with E-state index in [4.69, 9.17) is 0 Å². The summed E-state index contributed by atoms with van der Waals surface area (Å²) in [4.78, 5) is 11.7. The minimum Gasteiger partial charge on any atom is -0.293 e. The molecule has 0 unspecified atom stereocenters. The van der Waals surface area contributed by atoms with E-state index in [1.807, 2.05) is 17.5 Å². The second kappa shape index (κ2) is 5.42. The molecule has 1 nitrogen and oxygen atoms in total. The molecule has 2 aromatic rings. The first kappa shape index (κ1) is 12.3. The molecule has 0 saturated carbocycles. The van der Waals surface area contributed by atoms with Crippen LogP contribution in [0.3, 0.4) is 0 Å². The van der Waals surface area contributed by atoms with Crippen molar-refractivity contribution in [1.82, 2.24) is 0 Å². The first-order valence-electron chi connectivity index (χ1n) is 4.82. The van der Waals surface area contributed by atoms with Gasteiger partial charge >= 0.3 is 0 Å². The zero-order valence-corrected chi connectivity index (χ0v) is 10.3. The summed E-state index contributed by atoms with van der Waals surface area (Å²) in [5, 5.41) is 1.89. The van der Waals surface area contributed by atoms with Crippen LogP contribution in [0.2, 0.25) is 0 Å². The maximum atomic E-state index is 13.3. The van der Waals surface area contributed by atoms with Crippen molar-refractivity contribution in [3.05, 3.63) is 52.9 Å². The molecule has 0 aliphatic carbocycles. The standard InChI is InChI=1S/C12H8F2OS2/c13-8-3-1-4-9(14)12(8)10(15)7-17-11-5-2-6-16-11/h1-6H,7H2. The largest absolute Gasteiger partial charge is 0.293 e. The summed E-state index contributed by atoms with van der Waals surface area (Å²) >= 11 is 2.77. The van der Waals surface area contributed by atoms with Crippen LogP contribution >= 0.6 is 23.1 Å². The molecule has 0 spiro atoms. The molecule has 5 heteroatoms. The van der Waals surface area contributed by atoms with Gasteiger partial charge in [0, 0.05) is 0 Å².